The third-order valence-corrected chi connectivity index (χ3v) is 3.57. The fraction of sp³-hybridized carbons (Fsp3) is 0.333. The largest absolute Gasteiger partial charge is 0.496 e. The summed E-state index contributed by atoms with van der Waals surface area (Å²) in [7, 11) is 1.71. The van der Waals surface area contributed by atoms with Crippen LogP contribution in [0.2, 0.25) is 0 Å². The molecule has 0 unspecified atom stereocenters. The number of ether oxygens (including phenoxy) is 1. The maximum absolute atomic E-state index is 5.59. The molecule has 0 heterocycles. The van der Waals surface area contributed by atoms with E-state index in [4.69, 9.17) is 10.5 Å². The van der Waals surface area contributed by atoms with Crippen molar-refractivity contribution in [1.29, 1.82) is 0 Å². The number of nitrogens with two attached hydrogens (primary N) is 1. The Kier molecular flexibility index (Phi) is 5.78. The van der Waals surface area contributed by atoms with E-state index in [0.717, 1.165) is 25.3 Å². The first-order chi connectivity index (χ1) is 10.3. The Morgan fingerprint density at radius 1 is 1.05 bits per heavy atom. The molecular weight excluding hydrogens is 260 g/mol. The first kappa shape index (κ1) is 15.5. The van der Waals surface area contributed by atoms with Crippen LogP contribution in [-0.4, -0.2) is 20.2 Å². The average Bonchev–Trinajstić information content (AvgIpc) is 2.53. The molecule has 0 aliphatic rings. The smallest absolute Gasteiger partial charge is 0.123 e. The van der Waals surface area contributed by atoms with E-state index in [1.807, 2.05) is 6.07 Å². The van der Waals surface area contributed by atoms with Gasteiger partial charge in [0, 0.05) is 12.1 Å². The fourth-order valence-electron chi connectivity index (χ4n) is 2.39. The van der Waals surface area contributed by atoms with Crippen LogP contribution >= 0.6 is 0 Å². The molecule has 0 fully saturated rings. The van der Waals surface area contributed by atoms with Crippen LogP contribution in [-0.2, 0) is 13.0 Å². The summed E-state index contributed by atoms with van der Waals surface area (Å²) in [6.07, 6.45) is 0.925. The Labute approximate surface area is 127 Å². The number of methoxy groups -OCH3 is 1. The molecule has 0 saturated carbocycles. The van der Waals surface area contributed by atoms with Gasteiger partial charge in [0.25, 0.3) is 0 Å². The van der Waals surface area contributed by atoms with Crippen molar-refractivity contribution in [3.05, 3.63) is 53.6 Å². The van der Waals surface area contributed by atoms with Gasteiger partial charge in [-0.2, -0.15) is 0 Å². The second-order valence-electron chi connectivity index (χ2n) is 5.04. The van der Waals surface area contributed by atoms with E-state index in [1.165, 1.54) is 22.3 Å². The molecule has 0 amide bonds. The quantitative estimate of drug-likeness (QED) is 0.821. The van der Waals surface area contributed by atoms with E-state index in [-0.39, 0.29) is 0 Å². The van der Waals surface area contributed by atoms with Crippen LogP contribution < -0.4 is 15.8 Å². The highest BCUT2D eigenvalue weighted by Gasteiger charge is 2.06. The minimum absolute atomic E-state index is 0.689. The maximum atomic E-state index is 5.59. The molecule has 2 aromatic carbocycles. The molecule has 0 bridgehead atoms. The summed E-state index contributed by atoms with van der Waals surface area (Å²) in [6.45, 7) is 4.56. The summed E-state index contributed by atoms with van der Waals surface area (Å²) in [5.74, 6) is 0.930. The van der Waals surface area contributed by atoms with Gasteiger partial charge in [0.2, 0.25) is 0 Å². The van der Waals surface area contributed by atoms with E-state index in [0.29, 0.717) is 6.54 Å². The molecule has 0 radical (unpaired) electrons. The van der Waals surface area contributed by atoms with Gasteiger partial charge in [-0.3, -0.25) is 0 Å². The Morgan fingerprint density at radius 2 is 1.76 bits per heavy atom. The van der Waals surface area contributed by atoms with Crippen molar-refractivity contribution in [1.82, 2.24) is 5.32 Å². The van der Waals surface area contributed by atoms with Crippen molar-refractivity contribution in [2.45, 2.75) is 19.9 Å². The lowest BCUT2D eigenvalue weighted by Gasteiger charge is -2.12. The zero-order chi connectivity index (χ0) is 15.1. The predicted octanol–water partition coefficient (Wildman–Crippen LogP) is 2.97. The predicted molar refractivity (Wildman–Crippen MR) is 88.6 cm³/mol. The first-order valence-corrected chi connectivity index (χ1v) is 7.45. The number of nitrogens with one attached hydrogen (secondary N) is 1. The van der Waals surface area contributed by atoms with Gasteiger partial charge in [0.05, 0.1) is 7.11 Å². The van der Waals surface area contributed by atoms with Gasteiger partial charge >= 0.3 is 0 Å². The lowest BCUT2D eigenvalue weighted by molar-refractivity contribution is 0.408. The van der Waals surface area contributed by atoms with Gasteiger partial charge in [-0.05, 0) is 48.3 Å². The number of benzene rings is 2. The normalized spacial score (nSPS) is 10.6. The summed E-state index contributed by atoms with van der Waals surface area (Å²) in [4.78, 5) is 0. The third kappa shape index (κ3) is 4.06. The summed E-state index contributed by atoms with van der Waals surface area (Å²) < 4.78 is 5.43. The molecule has 0 spiro atoms. The van der Waals surface area contributed by atoms with E-state index < -0.39 is 0 Å². The standard InChI is InChI=1S/C18H24N2O/c1-3-20-13-17-12-16(8-9-18(17)21-2)15-6-4-14(5-7-15)10-11-19/h4-9,12,20H,3,10-11,13,19H2,1-2H3. The van der Waals surface area contributed by atoms with Crippen LogP contribution in [0.4, 0.5) is 0 Å². The number of hydrogen-bond acceptors (Lipinski definition) is 3. The molecule has 0 saturated heterocycles. The minimum Gasteiger partial charge on any atom is -0.496 e. The Morgan fingerprint density at radius 3 is 2.38 bits per heavy atom. The van der Waals surface area contributed by atoms with Crippen LogP contribution in [0.15, 0.2) is 42.5 Å². The zero-order valence-corrected chi connectivity index (χ0v) is 12.9. The lowest BCUT2D eigenvalue weighted by atomic mass is 10.0. The van der Waals surface area contributed by atoms with Gasteiger partial charge in [0.15, 0.2) is 0 Å². The molecule has 112 valence electrons. The molecule has 2 aromatic rings. The van der Waals surface area contributed by atoms with Crippen molar-refractivity contribution < 1.29 is 4.74 Å². The van der Waals surface area contributed by atoms with Crippen molar-refractivity contribution in [3.63, 3.8) is 0 Å². The molecule has 0 atom stereocenters. The molecule has 21 heavy (non-hydrogen) atoms. The highest BCUT2D eigenvalue weighted by atomic mass is 16.5. The van der Waals surface area contributed by atoms with E-state index in [1.54, 1.807) is 7.11 Å². The van der Waals surface area contributed by atoms with Gasteiger partial charge in [0.1, 0.15) is 5.75 Å². The van der Waals surface area contributed by atoms with Crippen molar-refractivity contribution >= 4 is 0 Å². The van der Waals surface area contributed by atoms with E-state index in [9.17, 15) is 0 Å². The SMILES string of the molecule is CCNCc1cc(-c2ccc(CCN)cc2)ccc1OC. The average molecular weight is 284 g/mol. The summed E-state index contributed by atoms with van der Waals surface area (Å²) in [6, 6.07) is 14.9. The Hall–Kier alpha value is -1.84. The molecule has 0 aliphatic heterocycles. The molecule has 0 aromatic heterocycles. The first-order valence-electron chi connectivity index (χ1n) is 7.45. The molecule has 3 nitrogen and oxygen atoms in total. The summed E-state index contributed by atoms with van der Waals surface area (Å²) >= 11 is 0. The molecule has 3 N–H and O–H groups in total. The lowest BCUT2D eigenvalue weighted by Crippen LogP contribution is -2.12. The highest BCUT2D eigenvalue weighted by molar-refractivity contribution is 5.66. The third-order valence-electron chi connectivity index (χ3n) is 3.57. The number of rotatable bonds is 7. The van der Waals surface area contributed by atoms with Gasteiger partial charge in [-0.25, -0.2) is 0 Å². The maximum Gasteiger partial charge on any atom is 0.123 e. The molecule has 2 rings (SSSR count). The second kappa shape index (κ2) is 7.81. The minimum atomic E-state index is 0.689. The van der Waals surface area contributed by atoms with Gasteiger partial charge < -0.3 is 15.8 Å². The van der Waals surface area contributed by atoms with Crippen molar-refractivity contribution in [2.75, 3.05) is 20.2 Å². The van der Waals surface area contributed by atoms with Crippen LogP contribution in [0.25, 0.3) is 11.1 Å². The van der Waals surface area contributed by atoms with Crippen LogP contribution in [0, 0.1) is 0 Å². The summed E-state index contributed by atoms with van der Waals surface area (Å²) in [5, 5.41) is 3.35. The van der Waals surface area contributed by atoms with E-state index >= 15 is 0 Å². The Bertz CT molecular complexity index is 564. The van der Waals surface area contributed by atoms with E-state index in [2.05, 4.69) is 48.6 Å². The topological polar surface area (TPSA) is 47.3 Å². The monoisotopic (exact) mass is 284 g/mol. The molecule has 3 heteroatoms. The van der Waals surface area contributed by atoms with Crippen LogP contribution in [0.1, 0.15) is 18.1 Å². The zero-order valence-electron chi connectivity index (χ0n) is 12.9. The fourth-order valence-corrected chi connectivity index (χ4v) is 2.39. The van der Waals surface area contributed by atoms with Crippen LogP contribution in [0.5, 0.6) is 5.75 Å². The highest BCUT2D eigenvalue weighted by Crippen LogP contribution is 2.27. The van der Waals surface area contributed by atoms with Crippen molar-refractivity contribution in [3.8, 4) is 16.9 Å². The van der Waals surface area contributed by atoms with Gasteiger partial charge in [-0.1, -0.05) is 37.3 Å². The Balaban J connectivity index is 2.26. The van der Waals surface area contributed by atoms with Crippen LogP contribution in [0.3, 0.4) is 0 Å². The second-order valence-corrected chi connectivity index (χ2v) is 5.04. The molecular formula is C18H24N2O. The van der Waals surface area contributed by atoms with Crippen molar-refractivity contribution in [2.24, 2.45) is 5.73 Å². The van der Waals surface area contributed by atoms with Gasteiger partial charge in [-0.15, -0.1) is 0 Å². The number of hydrogen-bond donors (Lipinski definition) is 2. The summed E-state index contributed by atoms with van der Waals surface area (Å²) in [5.41, 5.74) is 10.5. The molecule has 0 aliphatic carbocycles.